The molecule has 0 aliphatic carbocycles. The summed E-state index contributed by atoms with van der Waals surface area (Å²) in [5, 5.41) is 18.2. The van der Waals surface area contributed by atoms with Gasteiger partial charge >= 0.3 is 0 Å². The molecular formula is C48H65N11O7. The van der Waals surface area contributed by atoms with E-state index in [-0.39, 0.29) is 62.3 Å². The molecular weight excluding hydrogens is 843 g/mol. The first-order valence-electron chi connectivity index (χ1n) is 21.8. The highest BCUT2D eigenvalue weighted by atomic mass is 16.5. The third kappa shape index (κ3) is 15.9. The number of aromatic nitrogens is 2. The summed E-state index contributed by atoms with van der Waals surface area (Å²) in [6.07, 6.45) is 3.53. The van der Waals surface area contributed by atoms with E-state index in [0.29, 0.717) is 52.5 Å². The zero-order valence-corrected chi connectivity index (χ0v) is 39.0. The maximum absolute atomic E-state index is 14.0. The fourth-order valence-electron chi connectivity index (χ4n) is 6.53. The number of nitriles is 1. The van der Waals surface area contributed by atoms with Crippen LogP contribution in [0.1, 0.15) is 79.8 Å². The van der Waals surface area contributed by atoms with Crippen molar-refractivity contribution in [2.45, 2.75) is 71.9 Å². The van der Waals surface area contributed by atoms with Gasteiger partial charge in [0, 0.05) is 49.1 Å². The molecule has 2 heterocycles. The van der Waals surface area contributed by atoms with E-state index in [1.165, 1.54) is 23.7 Å². The normalized spacial score (nSPS) is 14.4. The number of hydrogen-bond donors (Lipinski definition) is 7. The molecule has 354 valence electrons. The van der Waals surface area contributed by atoms with E-state index in [2.05, 4.69) is 58.9 Å². The van der Waals surface area contributed by atoms with Gasteiger partial charge < -0.3 is 52.8 Å². The predicted molar refractivity (Wildman–Crippen MR) is 253 cm³/mol. The zero-order valence-electron chi connectivity index (χ0n) is 39.0. The van der Waals surface area contributed by atoms with E-state index >= 15 is 0 Å². The van der Waals surface area contributed by atoms with E-state index in [0.717, 1.165) is 24.1 Å². The lowest BCUT2D eigenvalue weighted by molar-refractivity contribution is -0.139. The van der Waals surface area contributed by atoms with Crippen molar-refractivity contribution in [1.82, 2.24) is 36.1 Å². The third-order valence-electron chi connectivity index (χ3n) is 9.99. The van der Waals surface area contributed by atoms with Gasteiger partial charge in [0.2, 0.25) is 24.1 Å². The van der Waals surface area contributed by atoms with Gasteiger partial charge in [-0.15, -0.1) is 0 Å². The number of benzene rings is 3. The van der Waals surface area contributed by atoms with Crippen molar-refractivity contribution < 1.29 is 33.4 Å². The molecule has 66 heavy (non-hydrogen) atoms. The summed E-state index contributed by atoms with van der Waals surface area (Å²) in [5.74, 6) is -0.591. The second-order valence-electron chi connectivity index (χ2n) is 16.3. The van der Waals surface area contributed by atoms with Crippen LogP contribution in [-0.2, 0) is 31.0 Å². The lowest BCUT2D eigenvalue weighted by Crippen LogP contribution is -2.48. The number of fused-ring (bicyclic) bond motifs is 5. The van der Waals surface area contributed by atoms with E-state index in [9.17, 15) is 24.0 Å². The van der Waals surface area contributed by atoms with Gasteiger partial charge in [0.1, 0.15) is 37.3 Å². The van der Waals surface area contributed by atoms with Gasteiger partial charge in [-0.05, 0) is 79.6 Å². The molecule has 18 heteroatoms. The van der Waals surface area contributed by atoms with Gasteiger partial charge in [0.05, 0.1) is 30.4 Å². The highest BCUT2D eigenvalue weighted by Gasteiger charge is 2.31. The lowest BCUT2D eigenvalue weighted by atomic mass is 9.87. The topological polar surface area (TPSA) is 283 Å². The summed E-state index contributed by atoms with van der Waals surface area (Å²) in [4.78, 5) is 73.5. The van der Waals surface area contributed by atoms with Crippen molar-refractivity contribution in [2.24, 2.45) is 17.2 Å². The molecule has 1 aromatic heterocycles. The number of ether oxygens (including phenoxy) is 2. The van der Waals surface area contributed by atoms with Crippen LogP contribution in [0.25, 0.3) is 22.5 Å². The molecule has 2 atom stereocenters. The minimum Gasteiger partial charge on any atom is -0.492 e. The number of amides is 5. The van der Waals surface area contributed by atoms with E-state index in [1.54, 1.807) is 31.2 Å². The van der Waals surface area contributed by atoms with Crippen LogP contribution in [-0.4, -0.2) is 110 Å². The average molecular weight is 908 g/mol. The molecule has 0 saturated carbocycles. The largest absolute Gasteiger partial charge is 0.492 e. The lowest BCUT2D eigenvalue weighted by Gasteiger charge is -2.29. The number of hydrogen-bond acceptors (Lipinski definition) is 13. The molecule has 18 nitrogen and oxygen atoms in total. The molecule has 1 aliphatic heterocycles. The molecule has 4 aromatic rings. The van der Waals surface area contributed by atoms with E-state index in [4.69, 9.17) is 31.9 Å². The second-order valence-corrected chi connectivity index (χ2v) is 16.3. The van der Waals surface area contributed by atoms with Crippen LogP contribution >= 0.6 is 0 Å². The molecule has 3 aromatic carbocycles. The number of nitrogens with one attached hydrogen (secondary N) is 4. The molecule has 0 spiro atoms. The molecule has 2 unspecified atom stereocenters. The van der Waals surface area contributed by atoms with E-state index in [1.807, 2.05) is 49.4 Å². The van der Waals surface area contributed by atoms with Crippen LogP contribution in [0.2, 0.25) is 0 Å². The number of nitrogens with zero attached hydrogens (tertiary/aromatic N) is 4. The van der Waals surface area contributed by atoms with Crippen LogP contribution in [0.4, 0.5) is 0 Å². The summed E-state index contributed by atoms with van der Waals surface area (Å²) in [7, 11) is 1.47. The first kappa shape index (κ1) is 53.4. The highest BCUT2D eigenvalue weighted by molar-refractivity contribution is 5.98. The Morgan fingerprint density at radius 1 is 0.970 bits per heavy atom. The predicted octanol–water partition coefficient (Wildman–Crippen LogP) is 2.81. The molecule has 5 rings (SSSR count). The smallest absolute Gasteiger partial charge is 0.255 e. The number of likely N-dealkylation sites (N-methyl/N-ethyl adjacent to an activating group) is 1. The number of nitrogens with two attached hydrogens (primary N) is 3. The number of rotatable bonds is 14. The summed E-state index contributed by atoms with van der Waals surface area (Å²) in [6, 6.07) is 19.1. The van der Waals surface area contributed by atoms with Gasteiger partial charge in [0.25, 0.3) is 5.91 Å². The maximum Gasteiger partial charge on any atom is 0.255 e. The van der Waals surface area contributed by atoms with Crippen LogP contribution in [0.3, 0.4) is 0 Å². The zero-order chi connectivity index (χ0) is 48.8. The Balaban J connectivity index is 0.00000104. The Kier molecular flexibility index (Phi) is 21.6. The van der Waals surface area contributed by atoms with E-state index < -0.39 is 30.3 Å². The third-order valence-corrected chi connectivity index (χ3v) is 9.99. The Labute approximate surface area is 387 Å². The molecule has 0 radical (unpaired) electrons. The van der Waals surface area contributed by atoms with Crippen LogP contribution in [0.5, 0.6) is 11.5 Å². The van der Waals surface area contributed by atoms with Gasteiger partial charge in [-0.2, -0.15) is 5.26 Å². The first-order valence-corrected chi connectivity index (χ1v) is 21.8. The van der Waals surface area contributed by atoms with Crippen molar-refractivity contribution in [3.63, 3.8) is 0 Å². The maximum atomic E-state index is 14.0. The summed E-state index contributed by atoms with van der Waals surface area (Å²) >= 11 is 0. The van der Waals surface area contributed by atoms with Crippen molar-refractivity contribution in [2.75, 3.05) is 59.5 Å². The van der Waals surface area contributed by atoms with Crippen LogP contribution in [0.15, 0.2) is 66.9 Å². The highest BCUT2D eigenvalue weighted by Crippen LogP contribution is 2.40. The Hall–Kier alpha value is -6.94. The molecule has 0 fully saturated rings. The fraction of sp³-hybridized carbons (Fsp3) is 0.417. The Morgan fingerprint density at radius 2 is 1.59 bits per heavy atom. The van der Waals surface area contributed by atoms with Gasteiger partial charge in [0.15, 0.2) is 5.82 Å². The number of carbonyl (C=O) groups is 5. The minimum absolute atomic E-state index is 0.00261. The second kappa shape index (κ2) is 26.8. The first-order chi connectivity index (χ1) is 31.5. The molecule has 5 amide bonds. The van der Waals surface area contributed by atoms with Crippen molar-refractivity contribution in [3.8, 4) is 40.1 Å². The average Bonchev–Trinajstić information content (AvgIpc) is 3.30. The van der Waals surface area contributed by atoms with Gasteiger partial charge in [-0.3, -0.25) is 24.0 Å². The quantitative estimate of drug-likeness (QED) is 0.0545. The van der Waals surface area contributed by atoms with Gasteiger partial charge in [-0.1, -0.05) is 64.1 Å². The SMILES string of the molecule is CCCN.Cc1nc(-c2ccc(C(C)(C)C)cc2)ncc1C(=O)NCC(=O)N(C)C1C(=O)NCC(=O)NC(C)Cc2ccc(OCCN)c(c2)-c2cc1ccc2OCCN.N#CCNC=O. The summed E-state index contributed by atoms with van der Waals surface area (Å²) in [6.45, 7) is 13.3. The van der Waals surface area contributed by atoms with Crippen molar-refractivity contribution in [1.29, 1.82) is 5.26 Å². The molecule has 0 saturated heterocycles. The Morgan fingerprint density at radius 3 is 2.14 bits per heavy atom. The molecule has 10 N–H and O–H groups in total. The van der Waals surface area contributed by atoms with Crippen molar-refractivity contribution >= 4 is 30.0 Å². The van der Waals surface area contributed by atoms with Crippen LogP contribution in [0, 0.1) is 18.3 Å². The fourth-order valence-corrected chi connectivity index (χ4v) is 6.53. The van der Waals surface area contributed by atoms with Gasteiger partial charge in [-0.25, -0.2) is 9.97 Å². The number of carbonyl (C=O) groups excluding carboxylic acids is 5. The molecule has 1 aliphatic rings. The Bertz CT molecular complexity index is 2290. The van der Waals surface area contributed by atoms with Crippen LogP contribution < -0.4 is 47.9 Å². The number of aryl methyl sites for hydroxylation is 1. The minimum atomic E-state index is -1.21. The van der Waals surface area contributed by atoms with Crippen molar-refractivity contribution in [3.05, 3.63) is 94.8 Å². The standard InChI is InChI=1S/C42H52N8O6.C3H4N2O.C3H9N/c1-25-19-27-7-13-34(55-17-15-43)31(20-27)32-21-29(10-14-35(32)56-18-16-44)38(41(54)46-23-36(51)48-25)50(6)37(52)24-47-40(53)33-22-45-39(49-26(33)2)28-8-11-30(12-9-28)42(3,4)5;4-1-2-5-3-6;1-2-3-4/h7-14,20-22,25,38H,15-19,23-24,43-44H2,1-6H3,(H,46,54)(H,47,53)(H,48,51);3H,2H2,(H,5,6);2-4H2,1H3. The summed E-state index contributed by atoms with van der Waals surface area (Å²) in [5.41, 5.74) is 21.9. The summed E-state index contributed by atoms with van der Waals surface area (Å²) < 4.78 is 12.1. The molecule has 4 bridgehead atoms. The monoisotopic (exact) mass is 908 g/mol.